The van der Waals surface area contributed by atoms with E-state index in [1.165, 1.54) is 5.01 Å². The average Bonchev–Trinajstić information content (AvgIpc) is 1.82. The van der Waals surface area contributed by atoms with E-state index in [0.29, 0.717) is 6.85 Å². The van der Waals surface area contributed by atoms with E-state index in [1.54, 1.807) is 19.0 Å². The molecule has 0 radical (unpaired) electrons. The highest BCUT2D eigenvalue weighted by Gasteiger charge is 2.25. The van der Waals surface area contributed by atoms with Crippen LogP contribution in [0.3, 0.4) is 0 Å². The van der Waals surface area contributed by atoms with Gasteiger partial charge in [-0.1, -0.05) is 6.82 Å². The third-order valence-corrected chi connectivity index (χ3v) is 1.58. The van der Waals surface area contributed by atoms with Crippen LogP contribution in [0.1, 0.15) is 0 Å². The van der Waals surface area contributed by atoms with E-state index in [0.717, 1.165) is 6.44 Å². The van der Waals surface area contributed by atoms with Crippen LogP contribution < -0.4 is 5.34 Å². The van der Waals surface area contributed by atoms with E-state index in [1.807, 2.05) is 6.82 Å². The second-order valence-corrected chi connectivity index (χ2v) is 2.75. The molecule has 1 aliphatic rings. The Morgan fingerprint density at radius 3 is 2.70 bits per heavy atom. The SMILES string of the molecule is CB1CN(C)C(=O)N(C)N1. The number of rotatable bonds is 0. The summed E-state index contributed by atoms with van der Waals surface area (Å²) in [6.07, 6.45) is 0.781. The average molecular weight is 141 g/mol. The normalized spacial score (nSPS) is 20.3. The third-order valence-electron chi connectivity index (χ3n) is 1.58. The number of hydrazine groups is 1. The van der Waals surface area contributed by atoms with Crippen molar-refractivity contribution in [3.63, 3.8) is 0 Å². The van der Waals surface area contributed by atoms with Crippen molar-refractivity contribution >= 4 is 12.9 Å². The van der Waals surface area contributed by atoms with Crippen molar-refractivity contribution in [2.24, 2.45) is 0 Å². The van der Waals surface area contributed by atoms with Crippen LogP contribution in [0.25, 0.3) is 0 Å². The van der Waals surface area contributed by atoms with Gasteiger partial charge in [-0.05, 0) is 0 Å². The van der Waals surface area contributed by atoms with Crippen LogP contribution in [-0.4, -0.2) is 43.3 Å². The molecule has 4 nitrogen and oxygen atoms in total. The first-order valence-corrected chi connectivity index (χ1v) is 3.36. The van der Waals surface area contributed by atoms with Crippen LogP contribution >= 0.6 is 0 Å². The molecule has 1 heterocycles. The summed E-state index contributed by atoms with van der Waals surface area (Å²) in [6, 6.07) is 0.0260. The van der Waals surface area contributed by atoms with E-state index in [-0.39, 0.29) is 6.03 Å². The zero-order valence-electron chi connectivity index (χ0n) is 6.59. The van der Waals surface area contributed by atoms with Gasteiger partial charge in [0, 0.05) is 20.5 Å². The molecule has 1 rings (SSSR count). The highest BCUT2D eigenvalue weighted by atomic mass is 16.2. The zero-order valence-corrected chi connectivity index (χ0v) is 6.59. The van der Waals surface area contributed by atoms with E-state index >= 15 is 0 Å². The van der Waals surface area contributed by atoms with Crippen molar-refractivity contribution in [2.75, 3.05) is 20.5 Å². The van der Waals surface area contributed by atoms with Gasteiger partial charge in [0.25, 0.3) is 6.85 Å². The maximum atomic E-state index is 11.1. The molecule has 0 spiro atoms. The highest BCUT2D eigenvalue weighted by Crippen LogP contribution is 1.98. The van der Waals surface area contributed by atoms with Gasteiger partial charge in [-0.3, -0.25) is 10.3 Å². The quantitative estimate of drug-likeness (QED) is 0.468. The first kappa shape index (κ1) is 7.40. The van der Waals surface area contributed by atoms with Crippen LogP contribution in [-0.2, 0) is 0 Å². The standard InChI is InChI=1S/C5H12BN3O/c1-6-4-8(2)5(10)9(3)7-6/h7H,4H2,1-3H3. The second kappa shape index (κ2) is 2.50. The Morgan fingerprint density at radius 2 is 2.20 bits per heavy atom. The van der Waals surface area contributed by atoms with Gasteiger partial charge in [-0.25, -0.2) is 4.79 Å². The molecule has 0 aromatic rings. The molecular weight excluding hydrogens is 129 g/mol. The second-order valence-electron chi connectivity index (χ2n) is 2.75. The summed E-state index contributed by atoms with van der Waals surface area (Å²) >= 11 is 0. The molecule has 2 amide bonds. The molecule has 0 unspecified atom stereocenters. The molecular formula is C5H12BN3O. The molecule has 0 aliphatic carbocycles. The lowest BCUT2D eigenvalue weighted by atomic mass is 9.65. The maximum Gasteiger partial charge on any atom is 0.332 e. The van der Waals surface area contributed by atoms with Crippen molar-refractivity contribution in [1.82, 2.24) is 15.2 Å². The van der Waals surface area contributed by atoms with Crippen molar-refractivity contribution in [1.29, 1.82) is 0 Å². The van der Waals surface area contributed by atoms with Gasteiger partial charge >= 0.3 is 6.03 Å². The Kier molecular flexibility index (Phi) is 1.85. The predicted molar refractivity (Wildman–Crippen MR) is 40.5 cm³/mol. The predicted octanol–water partition coefficient (Wildman–Crippen LogP) is -0.351. The fraction of sp³-hybridized carbons (Fsp3) is 0.800. The minimum absolute atomic E-state index is 0.0260. The summed E-state index contributed by atoms with van der Waals surface area (Å²) in [6.45, 7) is 2.40. The van der Waals surface area contributed by atoms with Crippen molar-refractivity contribution in [3.8, 4) is 0 Å². The number of hydrogen-bond acceptors (Lipinski definition) is 2. The zero-order chi connectivity index (χ0) is 7.72. The van der Waals surface area contributed by atoms with Gasteiger partial charge in [0.1, 0.15) is 0 Å². The minimum atomic E-state index is 0.0260. The Hall–Kier alpha value is -0.705. The molecule has 1 aliphatic heterocycles. The van der Waals surface area contributed by atoms with Crippen LogP contribution in [0.4, 0.5) is 4.79 Å². The van der Waals surface area contributed by atoms with Gasteiger partial charge in [-0.15, -0.1) is 0 Å². The fourth-order valence-electron chi connectivity index (χ4n) is 1.17. The topological polar surface area (TPSA) is 35.6 Å². The number of urea groups is 1. The molecule has 0 atom stereocenters. The number of amides is 2. The highest BCUT2D eigenvalue weighted by molar-refractivity contribution is 6.55. The number of carbonyl (C=O) groups is 1. The van der Waals surface area contributed by atoms with Crippen LogP contribution in [0.15, 0.2) is 0 Å². The third kappa shape index (κ3) is 1.24. The number of nitrogens with one attached hydrogen (secondary N) is 1. The first-order chi connectivity index (χ1) is 4.61. The molecule has 1 saturated heterocycles. The smallest absolute Gasteiger partial charge is 0.332 e. The van der Waals surface area contributed by atoms with Crippen molar-refractivity contribution in [2.45, 2.75) is 6.82 Å². The van der Waals surface area contributed by atoms with Crippen LogP contribution in [0, 0.1) is 0 Å². The Bertz CT molecular complexity index is 138. The molecule has 56 valence electrons. The molecule has 10 heavy (non-hydrogen) atoms. The number of hydrogen-bond donors (Lipinski definition) is 1. The summed E-state index contributed by atoms with van der Waals surface area (Å²) in [5, 5.41) is 4.51. The molecule has 0 aromatic carbocycles. The van der Waals surface area contributed by atoms with Gasteiger partial charge < -0.3 is 4.90 Å². The Morgan fingerprint density at radius 1 is 1.60 bits per heavy atom. The number of carbonyl (C=O) groups excluding carboxylic acids is 1. The summed E-state index contributed by atoms with van der Waals surface area (Å²) < 4.78 is 0. The molecule has 5 heteroatoms. The van der Waals surface area contributed by atoms with Gasteiger partial charge in [0.05, 0.1) is 0 Å². The lowest BCUT2D eigenvalue weighted by molar-refractivity contribution is 0.162. The summed E-state index contributed by atoms with van der Waals surface area (Å²) in [5.74, 6) is 0. The largest absolute Gasteiger partial charge is 0.332 e. The summed E-state index contributed by atoms with van der Waals surface area (Å²) in [4.78, 5) is 12.8. The van der Waals surface area contributed by atoms with Gasteiger partial charge in [-0.2, -0.15) is 0 Å². The lowest BCUT2D eigenvalue weighted by Crippen LogP contribution is -2.61. The summed E-state index contributed by atoms with van der Waals surface area (Å²) in [5.41, 5.74) is 0. The molecule has 1 fully saturated rings. The Labute approximate surface area is 61.2 Å². The minimum Gasteiger partial charge on any atom is -0.332 e. The molecule has 0 saturated carbocycles. The lowest BCUT2D eigenvalue weighted by Gasteiger charge is -2.34. The number of nitrogens with zero attached hydrogens (tertiary/aromatic N) is 2. The monoisotopic (exact) mass is 141 g/mol. The fourth-order valence-corrected chi connectivity index (χ4v) is 1.17. The van der Waals surface area contributed by atoms with Crippen molar-refractivity contribution in [3.05, 3.63) is 0 Å². The van der Waals surface area contributed by atoms with Crippen LogP contribution in [0.2, 0.25) is 6.82 Å². The van der Waals surface area contributed by atoms with Crippen molar-refractivity contribution < 1.29 is 4.79 Å². The Balaban J connectivity index is 2.57. The van der Waals surface area contributed by atoms with Gasteiger partial charge in [0.15, 0.2) is 0 Å². The molecule has 1 N–H and O–H groups in total. The van der Waals surface area contributed by atoms with E-state index < -0.39 is 0 Å². The summed E-state index contributed by atoms with van der Waals surface area (Å²) in [7, 11) is 3.53. The first-order valence-electron chi connectivity index (χ1n) is 3.36. The maximum absolute atomic E-state index is 11.1. The van der Waals surface area contributed by atoms with E-state index in [9.17, 15) is 4.79 Å². The van der Waals surface area contributed by atoms with Gasteiger partial charge in [0.2, 0.25) is 0 Å². The van der Waals surface area contributed by atoms with E-state index in [2.05, 4.69) is 5.34 Å². The van der Waals surface area contributed by atoms with Crippen LogP contribution in [0.5, 0.6) is 0 Å². The van der Waals surface area contributed by atoms with E-state index in [4.69, 9.17) is 0 Å². The molecule has 0 bridgehead atoms. The molecule has 0 aromatic heterocycles.